The van der Waals surface area contributed by atoms with E-state index in [0.717, 1.165) is 7.11 Å². The Morgan fingerprint density at radius 2 is 1.61 bits per heavy atom. The first-order chi connectivity index (χ1) is 10.4. The summed E-state index contributed by atoms with van der Waals surface area (Å²) in [5.41, 5.74) is 0. The SMILES string of the molecule is CO[C@@H]1C[C@H](C)O[C@@H]1COP(=O)(O)OP(=O)(O)OP(=O)(O)OC. The maximum Gasteiger partial charge on any atom is 0.490 e. The summed E-state index contributed by atoms with van der Waals surface area (Å²) in [5.74, 6) is 0. The average Bonchev–Trinajstić information content (AvgIpc) is 2.74. The smallest absolute Gasteiger partial charge is 0.379 e. The molecule has 0 spiro atoms. The highest BCUT2D eigenvalue weighted by molar-refractivity contribution is 7.66. The highest BCUT2D eigenvalue weighted by atomic mass is 31.3. The summed E-state index contributed by atoms with van der Waals surface area (Å²) in [5, 5.41) is 0. The molecule has 138 valence electrons. The van der Waals surface area contributed by atoms with Gasteiger partial charge in [-0.05, 0) is 6.92 Å². The number of phosphoric acid groups is 3. The van der Waals surface area contributed by atoms with E-state index >= 15 is 0 Å². The van der Waals surface area contributed by atoms with Crippen LogP contribution in [0.2, 0.25) is 0 Å². The van der Waals surface area contributed by atoms with Crippen molar-refractivity contribution in [3.8, 4) is 0 Å². The van der Waals surface area contributed by atoms with Gasteiger partial charge in [-0.1, -0.05) is 0 Å². The minimum absolute atomic E-state index is 0.165. The van der Waals surface area contributed by atoms with Crippen molar-refractivity contribution in [3.63, 3.8) is 0 Å². The monoisotopic (exact) mass is 400 g/mol. The van der Waals surface area contributed by atoms with Gasteiger partial charge in [0.15, 0.2) is 0 Å². The highest BCUT2D eigenvalue weighted by Gasteiger charge is 2.43. The molecular weight excluding hydrogens is 381 g/mol. The van der Waals surface area contributed by atoms with Gasteiger partial charge in [-0.3, -0.25) is 9.05 Å². The summed E-state index contributed by atoms with van der Waals surface area (Å²) < 4.78 is 60.6. The van der Waals surface area contributed by atoms with Gasteiger partial charge in [0.1, 0.15) is 6.10 Å². The van der Waals surface area contributed by atoms with Crippen LogP contribution in [0.1, 0.15) is 13.3 Å². The zero-order chi connectivity index (χ0) is 17.9. The van der Waals surface area contributed by atoms with Crippen molar-refractivity contribution in [2.45, 2.75) is 31.7 Å². The summed E-state index contributed by atoms with van der Waals surface area (Å²) >= 11 is 0. The van der Waals surface area contributed by atoms with E-state index in [2.05, 4.69) is 17.7 Å². The quantitative estimate of drug-likeness (QED) is 0.473. The molecular formula is C8H19O12P3. The van der Waals surface area contributed by atoms with E-state index in [1.54, 1.807) is 6.92 Å². The zero-order valence-electron chi connectivity index (χ0n) is 12.5. The summed E-state index contributed by atoms with van der Waals surface area (Å²) in [4.78, 5) is 27.5. The predicted molar refractivity (Wildman–Crippen MR) is 74.4 cm³/mol. The maximum absolute atomic E-state index is 11.6. The lowest BCUT2D eigenvalue weighted by Crippen LogP contribution is -2.27. The Kier molecular flexibility index (Phi) is 7.56. The van der Waals surface area contributed by atoms with Crippen LogP contribution in [0.4, 0.5) is 0 Å². The fourth-order valence-corrected chi connectivity index (χ4v) is 5.08. The van der Waals surface area contributed by atoms with Gasteiger partial charge in [-0.25, -0.2) is 13.7 Å². The van der Waals surface area contributed by atoms with Crippen LogP contribution in [0, 0.1) is 0 Å². The molecule has 0 aromatic carbocycles. The van der Waals surface area contributed by atoms with Crippen LogP contribution in [-0.4, -0.2) is 53.8 Å². The molecule has 6 atom stereocenters. The lowest BCUT2D eigenvalue weighted by molar-refractivity contribution is -0.0295. The molecule has 0 bridgehead atoms. The third kappa shape index (κ3) is 7.39. The molecule has 0 aliphatic carbocycles. The standard InChI is InChI=1S/C8H19O12P3/c1-6-4-7(15-2)8(18-6)5-17-22(11,12)20-23(13,14)19-21(9,10)16-3/h6-8H,4-5H2,1-3H3,(H,9,10)(H,11,12)(H,13,14)/t6-,7+,8+/m0/s1. The molecule has 1 aliphatic rings. The van der Waals surface area contributed by atoms with E-state index in [4.69, 9.17) is 14.4 Å². The Labute approximate surface area is 132 Å². The van der Waals surface area contributed by atoms with Crippen LogP contribution >= 0.6 is 23.5 Å². The second kappa shape index (κ2) is 8.14. The Bertz CT molecular complexity index is 536. The highest BCUT2D eigenvalue weighted by Crippen LogP contribution is 2.67. The lowest BCUT2D eigenvalue weighted by Gasteiger charge is -2.20. The number of rotatable bonds is 9. The predicted octanol–water partition coefficient (Wildman–Crippen LogP) is 1.18. The molecule has 15 heteroatoms. The Morgan fingerprint density at radius 1 is 1.04 bits per heavy atom. The summed E-state index contributed by atoms with van der Waals surface area (Å²) in [7, 11) is -13.2. The van der Waals surface area contributed by atoms with E-state index in [9.17, 15) is 23.5 Å². The minimum atomic E-state index is -5.40. The second-order valence-corrected chi connectivity index (χ2v) is 9.28. The van der Waals surface area contributed by atoms with Crippen molar-refractivity contribution < 1.29 is 55.5 Å². The Balaban J connectivity index is 2.60. The molecule has 1 rings (SSSR count). The normalized spacial score (nSPS) is 32.9. The molecule has 3 N–H and O–H groups in total. The van der Waals surface area contributed by atoms with Crippen LogP contribution < -0.4 is 0 Å². The third-order valence-corrected chi connectivity index (χ3v) is 6.97. The summed E-state index contributed by atoms with van der Waals surface area (Å²) in [6, 6.07) is 0. The number of hydrogen-bond donors (Lipinski definition) is 3. The van der Waals surface area contributed by atoms with E-state index in [0.29, 0.717) is 6.42 Å². The number of methoxy groups -OCH3 is 1. The van der Waals surface area contributed by atoms with Crippen LogP contribution in [0.15, 0.2) is 0 Å². The van der Waals surface area contributed by atoms with Gasteiger partial charge < -0.3 is 24.2 Å². The van der Waals surface area contributed by atoms with Gasteiger partial charge in [-0.2, -0.15) is 8.62 Å². The van der Waals surface area contributed by atoms with E-state index in [1.165, 1.54) is 7.11 Å². The van der Waals surface area contributed by atoms with E-state index in [1.807, 2.05) is 0 Å². The lowest BCUT2D eigenvalue weighted by atomic mass is 10.1. The largest absolute Gasteiger partial charge is 0.490 e. The van der Waals surface area contributed by atoms with Gasteiger partial charge in [0, 0.05) is 20.6 Å². The molecule has 12 nitrogen and oxygen atoms in total. The molecule has 1 saturated heterocycles. The van der Waals surface area contributed by atoms with Gasteiger partial charge in [0.05, 0.1) is 18.8 Å². The number of hydrogen-bond acceptors (Lipinski definition) is 9. The van der Waals surface area contributed by atoms with E-state index < -0.39 is 42.3 Å². The van der Waals surface area contributed by atoms with Crippen molar-refractivity contribution >= 4 is 23.5 Å². The van der Waals surface area contributed by atoms with Crippen molar-refractivity contribution in [1.29, 1.82) is 0 Å². The number of ether oxygens (including phenoxy) is 2. The molecule has 0 aromatic heterocycles. The first-order valence-corrected chi connectivity index (χ1v) is 10.7. The molecule has 1 heterocycles. The molecule has 1 aliphatic heterocycles. The van der Waals surface area contributed by atoms with Gasteiger partial charge >= 0.3 is 23.5 Å². The Morgan fingerprint density at radius 3 is 2.13 bits per heavy atom. The van der Waals surface area contributed by atoms with E-state index in [-0.39, 0.29) is 6.10 Å². The summed E-state index contributed by atoms with van der Waals surface area (Å²) in [6.45, 7) is 1.29. The summed E-state index contributed by atoms with van der Waals surface area (Å²) in [6.07, 6.45) is -0.722. The molecule has 3 unspecified atom stereocenters. The van der Waals surface area contributed by atoms with Crippen molar-refractivity contribution in [3.05, 3.63) is 0 Å². The van der Waals surface area contributed by atoms with Crippen LogP contribution in [0.25, 0.3) is 0 Å². The van der Waals surface area contributed by atoms with Crippen LogP contribution in [-0.2, 0) is 40.8 Å². The molecule has 0 amide bonds. The minimum Gasteiger partial charge on any atom is -0.379 e. The maximum atomic E-state index is 11.6. The Hall–Kier alpha value is 0.330. The van der Waals surface area contributed by atoms with Crippen molar-refractivity contribution in [2.24, 2.45) is 0 Å². The van der Waals surface area contributed by atoms with Gasteiger partial charge in [-0.15, -0.1) is 0 Å². The fourth-order valence-electron chi connectivity index (χ4n) is 1.82. The average molecular weight is 400 g/mol. The van der Waals surface area contributed by atoms with Crippen molar-refractivity contribution in [2.75, 3.05) is 20.8 Å². The first kappa shape index (κ1) is 21.4. The molecule has 1 fully saturated rings. The first-order valence-electron chi connectivity index (χ1n) is 6.19. The van der Waals surface area contributed by atoms with Crippen LogP contribution in [0.3, 0.4) is 0 Å². The van der Waals surface area contributed by atoms with Crippen molar-refractivity contribution in [1.82, 2.24) is 0 Å². The fraction of sp³-hybridized carbons (Fsp3) is 1.00. The molecule has 23 heavy (non-hydrogen) atoms. The third-order valence-electron chi connectivity index (χ3n) is 2.73. The van der Waals surface area contributed by atoms with Gasteiger partial charge in [0.2, 0.25) is 0 Å². The topological polar surface area (TPSA) is 167 Å². The second-order valence-electron chi connectivity index (χ2n) is 4.54. The molecule has 0 aromatic rings. The molecule has 0 saturated carbocycles. The van der Waals surface area contributed by atoms with Gasteiger partial charge in [0.25, 0.3) is 0 Å². The molecule has 0 radical (unpaired) electrons. The number of phosphoric ester groups is 2. The zero-order valence-corrected chi connectivity index (χ0v) is 15.2. The van der Waals surface area contributed by atoms with Crippen LogP contribution in [0.5, 0.6) is 0 Å².